The zero-order valence-corrected chi connectivity index (χ0v) is 15.1. The molecule has 2 aromatic rings. The summed E-state index contributed by atoms with van der Waals surface area (Å²) in [6.45, 7) is 0. The molecule has 1 saturated heterocycles. The number of nitrogens with zero attached hydrogens (tertiary/aromatic N) is 1. The molecule has 0 aliphatic carbocycles. The Morgan fingerprint density at radius 2 is 2.12 bits per heavy atom. The highest BCUT2D eigenvalue weighted by atomic mass is 32.2. The quantitative estimate of drug-likeness (QED) is 0.773. The number of sulfone groups is 2. The monoisotopic (exact) mass is 404 g/mol. The summed E-state index contributed by atoms with van der Waals surface area (Å²) in [5.74, 6) is -2.38. The Kier molecular flexibility index (Phi) is 4.64. The largest absolute Gasteiger partial charge is 0.298 e. The molecule has 1 amide bonds. The lowest BCUT2D eigenvalue weighted by atomic mass is 10.2. The van der Waals surface area contributed by atoms with Crippen molar-refractivity contribution in [2.24, 2.45) is 0 Å². The molecular weight excluding hydrogens is 391 g/mol. The Hall–Kier alpha value is -1.85. The van der Waals surface area contributed by atoms with E-state index >= 15 is 0 Å². The highest BCUT2D eigenvalue weighted by Crippen LogP contribution is 2.27. The fourth-order valence-corrected chi connectivity index (χ4v) is 7.41. The average Bonchev–Trinajstić information content (AvgIpc) is 3.16. The molecule has 0 radical (unpaired) electrons. The molecule has 2 heterocycles. The fourth-order valence-electron chi connectivity index (χ4n) is 2.50. The van der Waals surface area contributed by atoms with Crippen molar-refractivity contribution in [1.29, 1.82) is 0 Å². The maximum Gasteiger partial charge on any atom is 0.260 e. The molecule has 7 nitrogen and oxygen atoms in total. The summed E-state index contributed by atoms with van der Waals surface area (Å²) in [7, 11) is -7.38. The van der Waals surface area contributed by atoms with E-state index in [1.807, 2.05) is 0 Å². The van der Waals surface area contributed by atoms with Crippen molar-refractivity contribution in [3.8, 4) is 0 Å². The number of rotatable bonds is 4. The highest BCUT2D eigenvalue weighted by Gasteiger charge is 2.38. The van der Waals surface area contributed by atoms with E-state index in [1.54, 1.807) is 5.38 Å². The van der Waals surface area contributed by atoms with Crippen LogP contribution in [-0.4, -0.2) is 44.5 Å². The molecule has 1 atom stereocenters. The van der Waals surface area contributed by atoms with Crippen LogP contribution in [0.5, 0.6) is 0 Å². The smallest absolute Gasteiger partial charge is 0.260 e. The van der Waals surface area contributed by atoms with Crippen LogP contribution in [0.1, 0.15) is 16.8 Å². The molecule has 0 saturated carbocycles. The van der Waals surface area contributed by atoms with Crippen molar-refractivity contribution >= 4 is 42.1 Å². The summed E-state index contributed by atoms with van der Waals surface area (Å²) in [4.78, 5) is 15.7. The van der Waals surface area contributed by atoms with Crippen molar-refractivity contribution in [3.63, 3.8) is 0 Å². The van der Waals surface area contributed by atoms with Crippen molar-refractivity contribution in [1.82, 2.24) is 4.98 Å². The van der Waals surface area contributed by atoms with E-state index in [0.717, 1.165) is 29.5 Å². The van der Waals surface area contributed by atoms with Gasteiger partial charge in [0.05, 0.1) is 27.2 Å². The summed E-state index contributed by atoms with van der Waals surface area (Å²) in [5.41, 5.74) is -0.447. The van der Waals surface area contributed by atoms with E-state index in [2.05, 4.69) is 10.3 Å². The molecule has 1 fully saturated rings. The average molecular weight is 404 g/mol. The predicted molar refractivity (Wildman–Crippen MR) is 90.7 cm³/mol. The third-order valence-corrected chi connectivity index (χ3v) is 8.65. The number of nitrogens with one attached hydrogen (secondary N) is 1. The second kappa shape index (κ2) is 6.46. The van der Waals surface area contributed by atoms with Crippen LogP contribution in [0.2, 0.25) is 0 Å². The summed E-state index contributed by atoms with van der Waals surface area (Å²) < 4.78 is 62.2. The Labute approximate surface area is 147 Å². The number of carbonyl (C=O) groups excluding carboxylic acids is 1. The molecule has 1 aromatic heterocycles. The number of halogens is 1. The lowest BCUT2D eigenvalue weighted by Crippen LogP contribution is -2.23. The Balaban J connectivity index is 1.92. The topological polar surface area (TPSA) is 110 Å². The van der Waals surface area contributed by atoms with Crippen LogP contribution in [0.15, 0.2) is 34.7 Å². The van der Waals surface area contributed by atoms with Gasteiger partial charge in [0.15, 0.2) is 24.8 Å². The van der Waals surface area contributed by atoms with Gasteiger partial charge in [0, 0.05) is 11.6 Å². The lowest BCUT2D eigenvalue weighted by Gasteiger charge is -2.11. The molecule has 1 aliphatic rings. The molecule has 1 aliphatic heterocycles. The summed E-state index contributed by atoms with van der Waals surface area (Å²) in [6, 6.07) is 2.85. The van der Waals surface area contributed by atoms with Gasteiger partial charge in [-0.1, -0.05) is 0 Å². The van der Waals surface area contributed by atoms with Crippen LogP contribution in [0.3, 0.4) is 0 Å². The number of carbonyl (C=O) groups is 1. The number of aromatic nitrogens is 1. The summed E-state index contributed by atoms with van der Waals surface area (Å²) >= 11 is 1.13. The Bertz CT molecular complexity index is 1020. The van der Waals surface area contributed by atoms with Gasteiger partial charge in [-0.05, 0) is 24.6 Å². The van der Waals surface area contributed by atoms with Crippen LogP contribution in [-0.2, 0) is 19.7 Å². The van der Waals surface area contributed by atoms with Crippen molar-refractivity contribution in [3.05, 3.63) is 41.2 Å². The lowest BCUT2D eigenvalue weighted by molar-refractivity contribution is 0.102. The van der Waals surface area contributed by atoms with Gasteiger partial charge < -0.3 is 0 Å². The Morgan fingerprint density at radius 1 is 1.36 bits per heavy atom. The first-order valence-corrected chi connectivity index (χ1v) is 11.4. The minimum absolute atomic E-state index is 0.0112. The number of thiazole rings is 1. The van der Waals surface area contributed by atoms with Gasteiger partial charge in [-0.2, -0.15) is 0 Å². The summed E-state index contributed by atoms with van der Waals surface area (Å²) in [5, 5.41) is 3.16. The molecule has 0 bridgehead atoms. The second-order valence-corrected chi connectivity index (χ2v) is 10.9. The third-order valence-electron chi connectivity index (χ3n) is 3.79. The molecular formula is C14H13FN2O5S3. The zero-order valence-electron chi connectivity index (χ0n) is 12.7. The first kappa shape index (κ1) is 18.0. The minimum Gasteiger partial charge on any atom is -0.298 e. The van der Waals surface area contributed by atoms with Crippen LogP contribution < -0.4 is 5.32 Å². The molecule has 3 rings (SSSR count). The second-order valence-electron chi connectivity index (χ2n) is 5.50. The molecule has 1 aromatic carbocycles. The van der Waals surface area contributed by atoms with Crippen LogP contribution in [0.25, 0.3) is 0 Å². The van der Waals surface area contributed by atoms with Gasteiger partial charge in [-0.15, -0.1) is 11.3 Å². The first-order valence-electron chi connectivity index (χ1n) is 7.14. The van der Waals surface area contributed by atoms with E-state index in [4.69, 9.17) is 0 Å². The Morgan fingerprint density at radius 3 is 2.72 bits per heavy atom. The van der Waals surface area contributed by atoms with Gasteiger partial charge >= 0.3 is 0 Å². The van der Waals surface area contributed by atoms with Crippen LogP contribution in [0, 0.1) is 5.82 Å². The third kappa shape index (κ3) is 3.72. The standard InChI is InChI=1S/C14H13FN2O5S3/c15-12-2-1-9(25(21,22)10-3-6-24(19,20)8-10)7-11(12)13(18)17-14-16-4-5-23-14/h1-2,4-5,7,10H,3,6,8H2,(H,16,17,18). The first-order chi connectivity index (χ1) is 11.7. The fraction of sp³-hybridized carbons (Fsp3) is 0.286. The van der Waals surface area contributed by atoms with Crippen LogP contribution >= 0.6 is 11.3 Å². The van der Waals surface area contributed by atoms with Gasteiger partial charge in [-0.25, -0.2) is 26.2 Å². The molecule has 134 valence electrons. The van der Waals surface area contributed by atoms with E-state index in [-0.39, 0.29) is 22.2 Å². The number of anilines is 1. The van der Waals surface area contributed by atoms with Crippen molar-refractivity contribution in [2.45, 2.75) is 16.6 Å². The SMILES string of the molecule is O=C(Nc1nccs1)c1cc(S(=O)(=O)C2CCS(=O)(=O)C2)ccc1F. The van der Waals surface area contributed by atoms with Crippen molar-refractivity contribution < 1.29 is 26.0 Å². The normalized spacial score (nSPS) is 19.6. The maximum atomic E-state index is 14.0. The molecule has 0 spiro atoms. The van der Waals surface area contributed by atoms with Gasteiger partial charge in [0.2, 0.25) is 0 Å². The van der Waals surface area contributed by atoms with E-state index in [1.165, 1.54) is 6.20 Å². The minimum atomic E-state index is -3.98. The highest BCUT2D eigenvalue weighted by molar-refractivity contribution is 7.96. The molecule has 25 heavy (non-hydrogen) atoms. The zero-order chi connectivity index (χ0) is 18.2. The van der Waals surface area contributed by atoms with Gasteiger partial charge in [0.1, 0.15) is 5.82 Å². The summed E-state index contributed by atoms with van der Waals surface area (Å²) in [6.07, 6.45) is 1.45. The predicted octanol–water partition coefficient (Wildman–Crippen LogP) is 1.50. The van der Waals surface area contributed by atoms with E-state index in [0.29, 0.717) is 0 Å². The van der Waals surface area contributed by atoms with E-state index < -0.39 is 48.0 Å². The maximum absolute atomic E-state index is 14.0. The molecule has 11 heteroatoms. The van der Waals surface area contributed by atoms with Gasteiger partial charge in [-0.3, -0.25) is 10.1 Å². The number of hydrogen-bond acceptors (Lipinski definition) is 7. The molecule has 1 unspecified atom stereocenters. The van der Waals surface area contributed by atoms with E-state index in [9.17, 15) is 26.0 Å². The van der Waals surface area contributed by atoms with Gasteiger partial charge in [0.25, 0.3) is 5.91 Å². The number of hydrogen-bond donors (Lipinski definition) is 1. The van der Waals surface area contributed by atoms with Crippen molar-refractivity contribution in [2.75, 3.05) is 16.8 Å². The number of amides is 1. The number of benzene rings is 1. The molecule has 1 N–H and O–H groups in total. The van der Waals surface area contributed by atoms with Crippen LogP contribution in [0.4, 0.5) is 9.52 Å².